The van der Waals surface area contributed by atoms with Gasteiger partial charge in [0.1, 0.15) is 0 Å². The van der Waals surface area contributed by atoms with E-state index in [2.05, 4.69) is 10.6 Å². The summed E-state index contributed by atoms with van der Waals surface area (Å²) in [4.78, 5) is 11.8. The molecule has 1 aromatic rings. The molecule has 0 atom stereocenters. The third-order valence-corrected chi connectivity index (χ3v) is 3.77. The lowest BCUT2D eigenvalue weighted by molar-refractivity contribution is 0.206. The average molecular weight is 248 g/mol. The normalized spacial score (nSPS) is 16.2. The molecule has 0 saturated heterocycles. The van der Waals surface area contributed by atoms with Crippen molar-refractivity contribution in [2.45, 2.75) is 26.7 Å². The first kappa shape index (κ1) is 12.9. The van der Waals surface area contributed by atoms with E-state index >= 15 is 0 Å². The first-order chi connectivity index (χ1) is 8.56. The van der Waals surface area contributed by atoms with Gasteiger partial charge in [-0.25, -0.2) is 4.79 Å². The highest BCUT2D eigenvalue weighted by Gasteiger charge is 2.42. The van der Waals surface area contributed by atoms with Gasteiger partial charge < -0.3 is 15.7 Å². The quantitative estimate of drug-likeness (QED) is 0.765. The van der Waals surface area contributed by atoms with Crippen molar-refractivity contribution in [2.24, 2.45) is 5.41 Å². The zero-order valence-corrected chi connectivity index (χ0v) is 10.9. The third-order valence-electron chi connectivity index (χ3n) is 3.77. The molecule has 1 fully saturated rings. The standard InChI is InChI=1S/C14H20N2O2/c1-10-4-3-5-12(11(10)2)16-13(18)15-8-14(9-17)6-7-14/h3-5,17H,6-9H2,1-2H3,(H2,15,16,18). The number of amides is 2. The van der Waals surface area contributed by atoms with Crippen LogP contribution in [0.5, 0.6) is 0 Å². The van der Waals surface area contributed by atoms with Crippen LogP contribution in [0.15, 0.2) is 18.2 Å². The Bertz CT molecular complexity index is 453. The molecule has 1 aromatic carbocycles. The number of urea groups is 1. The molecule has 0 aliphatic heterocycles. The predicted molar refractivity (Wildman–Crippen MR) is 71.7 cm³/mol. The average Bonchev–Trinajstić information content (AvgIpc) is 3.13. The highest BCUT2D eigenvalue weighted by Crippen LogP contribution is 2.44. The lowest BCUT2D eigenvalue weighted by Crippen LogP contribution is -2.35. The number of carbonyl (C=O) groups is 1. The first-order valence-electron chi connectivity index (χ1n) is 6.28. The highest BCUT2D eigenvalue weighted by molar-refractivity contribution is 5.90. The first-order valence-corrected chi connectivity index (χ1v) is 6.28. The van der Waals surface area contributed by atoms with Gasteiger partial charge in [-0.1, -0.05) is 12.1 Å². The van der Waals surface area contributed by atoms with E-state index < -0.39 is 0 Å². The smallest absolute Gasteiger partial charge is 0.319 e. The Morgan fingerprint density at radius 1 is 1.39 bits per heavy atom. The van der Waals surface area contributed by atoms with Gasteiger partial charge in [0.15, 0.2) is 0 Å². The van der Waals surface area contributed by atoms with Gasteiger partial charge >= 0.3 is 6.03 Å². The molecule has 0 radical (unpaired) electrons. The van der Waals surface area contributed by atoms with Gasteiger partial charge in [-0.2, -0.15) is 0 Å². The van der Waals surface area contributed by atoms with Crippen LogP contribution in [0.4, 0.5) is 10.5 Å². The van der Waals surface area contributed by atoms with Crippen LogP contribution in [0, 0.1) is 19.3 Å². The molecule has 98 valence electrons. The van der Waals surface area contributed by atoms with Gasteiger partial charge in [0.25, 0.3) is 0 Å². The Kier molecular flexibility index (Phi) is 3.57. The molecule has 18 heavy (non-hydrogen) atoms. The number of hydrogen-bond donors (Lipinski definition) is 3. The number of benzene rings is 1. The van der Waals surface area contributed by atoms with Crippen molar-refractivity contribution in [2.75, 3.05) is 18.5 Å². The van der Waals surface area contributed by atoms with E-state index in [0.29, 0.717) is 6.54 Å². The summed E-state index contributed by atoms with van der Waals surface area (Å²) in [6.45, 7) is 4.70. The molecular formula is C14H20N2O2. The Morgan fingerprint density at radius 2 is 2.11 bits per heavy atom. The maximum Gasteiger partial charge on any atom is 0.319 e. The third kappa shape index (κ3) is 2.82. The SMILES string of the molecule is Cc1cccc(NC(=O)NCC2(CO)CC2)c1C. The largest absolute Gasteiger partial charge is 0.396 e. The summed E-state index contributed by atoms with van der Waals surface area (Å²) in [5.41, 5.74) is 3.01. The summed E-state index contributed by atoms with van der Waals surface area (Å²) in [5, 5.41) is 14.8. The van der Waals surface area contributed by atoms with Gasteiger partial charge in [0, 0.05) is 17.6 Å². The van der Waals surface area contributed by atoms with Crippen molar-refractivity contribution >= 4 is 11.7 Å². The number of rotatable bonds is 4. The number of nitrogens with one attached hydrogen (secondary N) is 2. The van der Waals surface area contributed by atoms with E-state index in [1.54, 1.807) is 0 Å². The number of carbonyl (C=O) groups excluding carboxylic acids is 1. The minimum Gasteiger partial charge on any atom is -0.396 e. The van der Waals surface area contributed by atoms with Gasteiger partial charge in [-0.05, 0) is 43.9 Å². The Labute approximate surface area is 107 Å². The van der Waals surface area contributed by atoms with E-state index in [1.165, 1.54) is 0 Å². The van der Waals surface area contributed by atoms with E-state index in [1.807, 2.05) is 32.0 Å². The summed E-state index contributed by atoms with van der Waals surface area (Å²) in [6, 6.07) is 5.63. The Morgan fingerprint density at radius 3 is 2.72 bits per heavy atom. The summed E-state index contributed by atoms with van der Waals surface area (Å²) in [5.74, 6) is 0. The molecule has 2 amide bonds. The van der Waals surface area contributed by atoms with Crippen molar-refractivity contribution in [1.29, 1.82) is 0 Å². The molecule has 3 N–H and O–H groups in total. The molecule has 0 bridgehead atoms. The van der Waals surface area contributed by atoms with Gasteiger partial charge in [-0.3, -0.25) is 0 Å². The molecule has 0 spiro atoms. The number of aryl methyl sites for hydroxylation is 1. The zero-order chi connectivity index (χ0) is 13.2. The van der Waals surface area contributed by atoms with Crippen LogP contribution >= 0.6 is 0 Å². The molecule has 4 heteroatoms. The fourth-order valence-electron chi connectivity index (χ4n) is 1.89. The maximum atomic E-state index is 11.8. The van der Waals surface area contributed by atoms with Crippen molar-refractivity contribution in [3.63, 3.8) is 0 Å². The number of aliphatic hydroxyl groups is 1. The molecule has 1 aliphatic rings. The second kappa shape index (κ2) is 4.98. The van der Waals surface area contributed by atoms with E-state index in [-0.39, 0.29) is 18.1 Å². The summed E-state index contributed by atoms with van der Waals surface area (Å²) < 4.78 is 0. The van der Waals surface area contributed by atoms with Crippen LogP contribution < -0.4 is 10.6 Å². The fraction of sp³-hybridized carbons (Fsp3) is 0.500. The molecular weight excluding hydrogens is 228 g/mol. The fourth-order valence-corrected chi connectivity index (χ4v) is 1.89. The number of aliphatic hydroxyl groups excluding tert-OH is 1. The van der Waals surface area contributed by atoms with E-state index in [9.17, 15) is 4.79 Å². The lowest BCUT2D eigenvalue weighted by Gasteiger charge is -2.15. The molecule has 0 unspecified atom stereocenters. The number of hydrogen-bond acceptors (Lipinski definition) is 2. The molecule has 4 nitrogen and oxygen atoms in total. The van der Waals surface area contributed by atoms with Crippen LogP contribution in [0.1, 0.15) is 24.0 Å². The summed E-state index contributed by atoms with van der Waals surface area (Å²) >= 11 is 0. The van der Waals surface area contributed by atoms with E-state index in [0.717, 1.165) is 29.7 Å². The minimum absolute atomic E-state index is 0.0566. The van der Waals surface area contributed by atoms with Crippen LogP contribution in [0.25, 0.3) is 0 Å². The second-order valence-electron chi connectivity index (χ2n) is 5.21. The van der Waals surface area contributed by atoms with E-state index in [4.69, 9.17) is 5.11 Å². The molecule has 0 aromatic heterocycles. The second-order valence-corrected chi connectivity index (χ2v) is 5.21. The molecule has 1 saturated carbocycles. The molecule has 2 rings (SSSR count). The van der Waals surface area contributed by atoms with Crippen LogP contribution in [-0.4, -0.2) is 24.3 Å². The predicted octanol–water partition coefficient (Wildman–Crippen LogP) is 2.20. The van der Waals surface area contributed by atoms with Crippen LogP contribution in [-0.2, 0) is 0 Å². The minimum atomic E-state index is -0.205. The molecule has 1 aliphatic carbocycles. The zero-order valence-electron chi connectivity index (χ0n) is 10.9. The highest BCUT2D eigenvalue weighted by atomic mass is 16.3. The van der Waals surface area contributed by atoms with Gasteiger partial charge in [0.05, 0.1) is 6.61 Å². The Balaban J connectivity index is 1.89. The van der Waals surface area contributed by atoms with Crippen molar-refractivity contribution in [3.8, 4) is 0 Å². The van der Waals surface area contributed by atoms with Crippen molar-refractivity contribution < 1.29 is 9.90 Å². The lowest BCUT2D eigenvalue weighted by atomic mass is 10.1. The van der Waals surface area contributed by atoms with Gasteiger partial charge in [0.2, 0.25) is 0 Å². The van der Waals surface area contributed by atoms with Crippen molar-refractivity contribution in [1.82, 2.24) is 5.32 Å². The Hall–Kier alpha value is -1.55. The van der Waals surface area contributed by atoms with Crippen molar-refractivity contribution in [3.05, 3.63) is 29.3 Å². The van der Waals surface area contributed by atoms with Gasteiger partial charge in [-0.15, -0.1) is 0 Å². The monoisotopic (exact) mass is 248 g/mol. The molecule has 0 heterocycles. The summed E-state index contributed by atoms with van der Waals surface area (Å²) in [6.07, 6.45) is 1.99. The van der Waals surface area contributed by atoms with Crippen LogP contribution in [0.3, 0.4) is 0 Å². The van der Waals surface area contributed by atoms with Crippen LogP contribution in [0.2, 0.25) is 0 Å². The maximum absolute atomic E-state index is 11.8. The summed E-state index contributed by atoms with van der Waals surface area (Å²) in [7, 11) is 0. The topological polar surface area (TPSA) is 61.4 Å². The number of anilines is 1.